The molecule has 0 unspecified atom stereocenters. The molecule has 2 heterocycles. The summed E-state index contributed by atoms with van der Waals surface area (Å²) in [6.07, 6.45) is 1.97. The zero-order valence-electron chi connectivity index (χ0n) is 11.0. The Morgan fingerprint density at radius 1 is 1.20 bits per heavy atom. The molecule has 0 atom stereocenters. The second-order valence-electron chi connectivity index (χ2n) is 4.36. The summed E-state index contributed by atoms with van der Waals surface area (Å²) >= 11 is 6.13. The highest BCUT2D eigenvalue weighted by Crippen LogP contribution is 2.30. The highest BCUT2D eigenvalue weighted by atomic mass is 35.5. The van der Waals surface area contributed by atoms with Gasteiger partial charge in [0, 0.05) is 12.7 Å². The van der Waals surface area contributed by atoms with Gasteiger partial charge in [-0.15, -0.1) is 0 Å². The fourth-order valence-corrected chi connectivity index (χ4v) is 2.24. The minimum absolute atomic E-state index is 0.568. The first-order valence-electron chi connectivity index (χ1n) is 6.32. The zero-order chi connectivity index (χ0) is 13.9. The van der Waals surface area contributed by atoms with Gasteiger partial charge in [0.15, 0.2) is 0 Å². The third kappa shape index (κ3) is 2.35. The number of aromatic nitrogens is 2. The molecule has 0 saturated carbocycles. The van der Waals surface area contributed by atoms with Crippen molar-refractivity contribution in [3.8, 4) is 11.6 Å². The van der Waals surface area contributed by atoms with E-state index < -0.39 is 0 Å². The van der Waals surface area contributed by atoms with Crippen molar-refractivity contribution in [2.45, 2.75) is 6.54 Å². The lowest BCUT2D eigenvalue weighted by Gasteiger charge is -2.07. The van der Waals surface area contributed by atoms with Gasteiger partial charge >= 0.3 is 0 Å². The number of rotatable bonds is 4. The van der Waals surface area contributed by atoms with Crippen LogP contribution in [0.1, 0.15) is 5.69 Å². The molecule has 0 amide bonds. The third-order valence-corrected chi connectivity index (χ3v) is 3.29. The Morgan fingerprint density at radius 2 is 2.00 bits per heavy atom. The molecule has 5 heteroatoms. The number of halogens is 1. The number of benzene rings is 1. The van der Waals surface area contributed by atoms with E-state index in [9.17, 15) is 0 Å². The van der Waals surface area contributed by atoms with E-state index in [1.807, 2.05) is 54.0 Å². The maximum atomic E-state index is 6.13. The molecule has 3 rings (SSSR count). The molecule has 1 aromatic carbocycles. The van der Waals surface area contributed by atoms with Crippen molar-refractivity contribution in [3.05, 3.63) is 59.4 Å². The third-order valence-electron chi connectivity index (χ3n) is 2.98. The number of hydrogen-bond donors (Lipinski definition) is 1. The van der Waals surface area contributed by atoms with Gasteiger partial charge in [0.2, 0.25) is 5.88 Å². The molecule has 102 valence electrons. The standard InChI is InChI=1S/C15H14ClN3O/c1-17-10-12-15(18-14-8-4-5-9-19(12)14)20-13-7-3-2-6-11(13)16/h2-9,17H,10H2,1H3. The van der Waals surface area contributed by atoms with Crippen molar-refractivity contribution in [1.29, 1.82) is 0 Å². The number of pyridine rings is 1. The lowest BCUT2D eigenvalue weighted by Crippen LogP contribution is -2.08. The van der Waals surface area contributed by atoms with Gasteiger partial charge in [-0.25, -0.2) is 0 Å². The maximum Gasteiger partial charge on any atom is 0.242 e. The molecule has 0 bridgehead atoms. The molecule has 1 N–H and O–H groups in total. The fourth-order valence-electron chi connectivity index (χ4n) is 2.07. The van der Waals surface area contributed by atoms with E-state index in [2.05, 4.69) is 10.3 Å². The van der Waals surface area contributed by atoms with E-state index in [1.165, 1.54) is 0 Å². The monoisotopic (exact) mass is 287 g/mol. The van der Waals surface area contributed by atoms with Gasteiger partial charge in [0.05, 0.1) is 5.02 Å². The molecule has 0 saturated heterocycles. The Hall–Kier alpha value is -2.04. The van der Waals surface area contributed by atoms with Gasteiger partial charge < -0.3 is 10.1 Å². The zero-order valence-corrected chi connectivity index (χ0v) is 11.8. The van der Waals surface area contributed by atoms with Gasteiger partial charge in [-0.3, -0.25) is 4.40 Å². The van der Waals surface area contributed by atoms with E-state index in [1.54, 1.807) is 6.07 Å². The first-order valence-corrected chi connectivity index (χ1v) is 6.70. The van der Waals surface area contributed by atoms with Crippen molar-refractivity contribution < 1.29 is 4.74 Å². The van der Waals surface area contributed by atoms with Crippen LogP contribution in [-0.2, 0) is 6.54 Å². The fraction of sp³-hybridized carbons (Fsp3) is 0.133. The van der Waals surface area contributed by atoms with Crippen molar-refractivity contribution in [2.75, 3.05) is 7.05 Å². The number of nitrogens with zero attached hydrogens (tertiary/aromatic N) is 2. The van der Waals surface area contributed by atoms with Crippen LogP contribution in [0.3, 0.4) is 0 Å². The van der Waals surface area contributed by atoms with Crippen LogP contribution in [-0.4, -0.2) is 16.4 Å². The normalized spacial score (nSPS) is 10.9. The van der Waals surface area contributed by atoms with Gasteiger partial charge in [-0.1, -0.05) is 29.8 Å². The highest BCUT2D eigenvalue weighted by Gasteiger charge is 2.14. The average Bonchev–Trinajstić information content (AvgIpc) is 2.80. The minimum Gasteiger partial charge on any atom is -0.436 e. The molecule has 2 aromatic heterocycles. The summed E-state index contributed by atoms with van der Waals surface area (Å²) in [5.41, 5.74) is 1.81. The van der Waals surface area contributed by atoms with Gasteiger partial charge in [-0.05, 0) is 31.3 Å². The molecule has 4 nitrogen and oxygen atoms in total. The van der Waals surface area contributed by atoms with Crippen molar-refractivity contribution in [1.82, 2.24) is 14.7 Å². The van der Waals surface area contributed by atoms with E-state index >= 15 is 0 Å². The topological polar surface area (TPSA) is 38.6 Å². The van der Waals surface area contributed by atoms with Crippen molar-refractivity contribution in [3.63, 3.8) is 0 Å². The van der Waals surface area contributed by atoms with Crippen LogP contribution < -0.4 is 10.1 Å². The van der Waals surface area contributed by atoms with Gasteiger partial charge in [0.25, 0.3) is 0 Å². The maximum absolute atomic E-state index is 6.13. The molecule has 0 fully saturated rings. The summed E-state index contributed by atoms with van der Waals surface area (Å²) in [7, 11) is 1.89. The molecule has 3 aromatic rings. The lowest BCUT2D eigenvalue weighted by atomic mass is 10.3. The summed E-state index contributed by atoms with van der Waals surface area (Å²) in [6, 6.07) is 13.2. The van der Waals surface area contributed by atoms with Crippen LogP contribution in [0, 0.1) is 0 Å². The summed E-state index contributed by atoms with van der Waals surface area (Å²) in [4.78, 5) is 4.51. The Bertz CT molecular complexity index is 739. The average molecular weight is 288 g/mol. The lowest BCUT2D eigenvalue weighted by molar-refractivity contribution is 0.457. The minimum atomic E-state index is 0.568. The second-order valence-corrected chi connectivity index (χ2v) is 4.76. The summed E-state index contributed by atoms with van der Waals surface area (Å²) in [6.45, 7) is 0.658. The summed E-state index contributed by atoms with van der Waals surface area (Å²) < 4.78 is 7.88. The molecule has 0 aliphatic rings. The quantitative estimate of drug-likeness (QED) is 0.798. The van der Waals surface area contributed by atoms with Crippen LogP contribution in [0.15, 0.2) is 48.7 Å². The number of hydrogen-bond acceptors (Lipinski definition) is 3. The Morgan fingerprint density at radius 3 is 2.80 bits per heavy atom. The van der Waals surface area contributed by atoms with Crippen LogP contribution in [0.4, 0.5) is 0 Å². The molecule has 0 radical (unpaired) electrons. The summed E-state index contributed by atoms with van der Waals surface area (Å²) in [5, 5.41) is 3.70. The number of fused-ring (bicyclic) bond motifs is 1. The number of nitrogens with one attached hydrogen (secondary N) is 1. The van der Waals surface area contributed by atoms with Gasteiger partial charge in [-0.2, -0.15) is 4.98 Å². The largest absolute Gasteiger partial charge is 0.436 e. The molecular formula is C15H14ClN3O. The first-order chi connectivity index (χ1) is 9.79. The molecule has 0 aliphatic heterocycles. The molecule has 0 aliphatic carbocycles. The van der Waals surface area contributed by atoms with E-state index in [-0.39, 0.29) is 0 Å². The van der Waals surface area contributed by atoms with Crippen LogP contribution in [0.2, 0.25) is 5.02 Å². The van der Waals surface area contributed by atoms with E-state index in [4.69, 9.17) is 16.3 Å². The van der Waals surface area contributed by atoms with Crippen molar-refractivity contribution >= 4 is 17.2 Å². The number of para-hydroxylation sites is 1. The molecular weight excluding hydrogens is 274 g/mol. The Labute approximate surface area is 122 Å². The molecule has 0 spiro atoms. The highest BCUT2D eigenvalue weighted by molar-refractivity contribution is 6.32. The second kappa shape index (κ2) is 5.53. The number of imidazole rings is 1. The van der Waals surface area contributed by atoms with E-state index in [0.29, 0.717) is 23.2 Å². The molecule has 20 heavy (non-hydrogen) atoms. The van der Waals surface area contributed by atoms with Gasteiger partial charge in [0.1, 0.15) is 17.1 Å². The predicted octanol–water partition coefficient (Wildman–Crippen LogP) is 3.50. The predicted molar refractivity (Wildman–Crippen MR) is 79.5 cm³/mol. The van der Waals surface area contributed by atoms with E-state index in [0.717, 1.165) is 11.3 Å². The first kappa shape index (κ1) is 13.0. The summed E-state index contributed by atoms with van der Waals surface area (Å²) in [5.74, 6) is 1.17. The SMILES string of the molecule is CNCc1c(Oc2ccccc2Cl)nc2ccccn12. The van der Waals surface area contributed by atoms with Crippen molar-refractivity contribution in [2.24, 2.45) is 0 Å². The smallest absolute Gasteiger partial charge is 0.242 e. The van der Waals surface area contributed by atoms with Crippen LogP contribution in [0.5, 0.6) is 11.6 Å². The Balaban J connectivity index is 2.06. The Kier molecular flexibility index (Phi) is 3.58. The van der Waals surface area contributed by atoms with Crippen LogP contribution >= 0.6 is 11.6 Å². The van der Waals surface area contributed by atoms with Crippen LogP contribution in [0.25, 0.3) is 5.65 Å². The number of ether oxygens (including phenoxy) is 1.